The van der Waals surface area contributed by atoms with E-state index in [9.17, 15) is 24.0 Å². The fraction of sp³-hybridized carbons (Fsp3) is 0.560. The molecule has 11 heteroatoms. The van der Waals surface area contributed by atoms with Gasteiger partial charge in [-0.1, -0.05) is 38.5 Å². The number of hydrogen-bond donors (Lipinski definition) is 3. The van der Waals surface area contributed by atoms with Crippen molar-refractivity contribution in [3.63, 3.8) is 0 Å². The van der Waals surface area contributed by atoms with Crippen molar-refractivity contribution < 1.29 is 28.7 Å². The molecule has 1 aromatic rings. The van der Waals surface area contributed by atoms with Gasteiger partial charge in [-0.2, -0.15) is 0 Å². The van der Waals surface area contributed by atoms with Crippen molar-refractivity contribution in [3.8, 4) is 5.75 Å². The molecule has 1 unspecified atom stereocenters. The summed E-state index contributed by atoms with van der Waals surface area (Å²) in [6, 6.07) is 3.35. The van der Waals surface area contributed by atoms with Crippen LogP contribution in [0.15, 0.2) is 18.2 Å². The van der Waals surface area contributed by atoms with E-state index in [0.29, 0.717) is 6.54 Å². The number of nitrogens with zero attached hydrogens (tertiary/aromatic N) is 1. The first kappa shape index (κ1) is 29.3. The number of nitrogens with two attached hydrogens (primary N) is 1. The predicted molar refractivity (Wildman–Crippen MR) is 135 cm³/mol. The average molecular weight is 523 g/mol. The topological polar surface area (TPSA) is 148 Å². The average Bonchev–Trinajstić information content (AvgIpc) is 3.08. The molecule has 1 atom stereocenters. The predicted octanol–water partition coefficient (Wildman–Crippen LogP) is 2.08. The summed E-state index contributed by atoms with van der Waals surface area (Å²) in [5.41, 5.74) is 5.76. The Morgan fingerprint density at radius 3 is 2.28 bits per heavy atom. The van der Waals surface area contributed by atoms with Gasteiger partial charge in [0.05, 0.1) is 11.1 Å². The largest absolute Gasteiger partial charge is 0.484 e. The highest BCUT2D eigenvalue weighted by Crippen LogP contribution is 2.30. The summed E-state index contributed by atoms with van der Waals surface area (Å²) in [5.74, 6) is -2.27. The number of nitrogens with one attached hydrogen (secondary N) is 2. The van der Waals surface area contributed by atoms with Gasteiger partial charge < -0.3 is 15.8 Å². The molecule has 4 N–H and O–H groups in total. The molecule has 1 saturated heterocycles. The Kier molecular flexibility index (Phi) is 11.8. The number of hydrogen-bond acceptors (Lipinski definition) is 7. The second kappa shape index (κ2) is 14.5. The molecule has 0 saturated carbocycles. The number of carbonyl (C=O) groups excluding carboxylic acids is 5. The minimum atomic E-state index is -1.02. The van der Waals surface area contributed by atoms with Gasteiger partial charge in [0.25, 0.3) is 17.7 Å². The van der Waals surface area contributed by atoms with E-state index in [1.807, 2.05) is 0 Å². The standard InChI is InChI=1S/C25H34N4O6.ClH/c26-13-7-5-3-1-2-4-6-8-14-27-22(31)16-35-17-9-10-18-19(15-17)25(34)29(24(18)33)20-11-12-21(30)28-23(20)32;/h9-10,15,20H,1-8,11-14,16,26H2,(H,27,31)(H,28,30,32);1H. The van der Waals surface area contributed by atoms with Crippen LogP contribution >= 0.6 is 12.4 Å². The minimum absolute atomic E-state index is 0. The molecule has 198 valence electrons. The van der Waals surface area contributed by atoms with Gasteiger partial charge in [0.2, 0.25) is 11.8 Å². The molecule has 2 aliphatic heterocycles. The van der Waals surface area contributed by atoms with Gasteiger partial charge in [0.1, 0.15) is 11.8 Å². The molecule has 0 spiro atoms. The number of amides is 5. The zero-order chi connectivity index (χ0) is 25.2. The monoisotopic (exact) mass is 522 g/mol. The van der Waals surface area contributed by atoms with Gasteiger partial charge in [0, 0.05) is 13.0 Å². The lowest BCUT2D eigenvalue weighted by molar-refractivity contribution is -0.136. The second-order valence-electron chi connectivity index (χ2n) is 8.91. The fourth-order valence-electron chi connectivity index (χ4n) is 4.30. The van der Waals surface area contributed by atoms with Crippen molar-refractivity contribution in [1.29, 1.82) is 0 Å². The lowest BCUT2D eigenvalue weighted by Crippen LogP contribution is -2.54. The minimum Gasteiger partial charge on any atom is -0.484 e. The van der Waals surface area contributed by atoms with E-state index >= 15 is 0 Å². The van der Waals surface area contributed by atoms with E-state index in [-0.39, 0.29) is 54.6 Å². The van der Waals surface area contributed by atoms with Gasteiger partial charge in [-0.05, 0) is 44.0 Å². The highest BCUT2D eigenvalue weighted by molar-refractivity contribution is 6.23. The Balaban J connectivity index is 0.00000456. The van der Waals surface area contributed by atoms with Crippen molar-refractivity contribution in [2.75, 3.05) is 19.7 Å². The molecule has 5 amide bonds. The zero-order valence-corrected chi connectivity index (χ0v) is 21.2. The number of carbonyl (C=O) groups is 5. The maximum atomic E-state index is 12.8. The summed E-state index contributed by atoms with van der Waals surface area (Å²) in [5, 5.41) is 4.98. The number of piperidine rings is 1. The number of benzene rings is 1. The van der Waals surface area contributed by atoms with Crippen LogP contribution in [0.25, 0.3) is 0 Å². The fourth-order valence-corrected chi connectivity index (χ4v) is 4.30. The molecule has 1 fully saturated rings. The summed E-state index contributed by atoms with van der Waals surface area (Å²) >= 11 is 0. The SMILES string of the molecule is Cl.NCCCCCCCCCCNC(=O)COc1ccc2c(c1)C(=O)N(C1CCC(=O)NC1=O)C2=O. The first-order valence-electron chi connectivity index (χ1n) is 12.4. The summed E-state index contributed by atoms with van der Waals surface area (Å²) in [6.45, 7) is 1.13. The smallest absolute Gasteiger partial charge is 0.262 e. The van der Waals surface area contributed by atoms with E-state index in [0.717, 1.165) is 37.1 Å². The normalized spacial score (nSPS) is 16.9. The molecular weight excluding hydrogens is 488 g/mol. The third kappa shape index (κ3) is 7.76. The summed E-state index contributed by atoms with van der Waals surface area (Å²) in [4.78, 5) is 62.0. The first-order valence-corrected chi connectivity index (χ1v) is 12.4. The molecule has 36 heavy (non-hydrogen) atoms. The molecule has 1 aromatic carbocycles. The summed E-state index contributed by atoms with van der Waals surface area (Å²) < 4.78 is 5.51. The molecular formula is C25H35ClN4O6. The Labute approximate surface area is 217 Å². The van der Waals surface area contributed by atoms with E-state index in [1.165, 1.54) is 43.9 Å². The third-order valence-electron chi connectivity index (χ3n) is 6.23. The van der Waals surface area contributed by atoms with Crippen molar-refractivity contribution >= 4 is 41.9 Å². The molecule has 2 aliphatic rings. The van der Waals surface area contributed by atoms with Crippen LogP contribution in [0, 0.1) is 0 Å². The second-order valence-corrected chi connectivity index (χ2v) is 8.91. The molecule has 2 heterocycles. The van der Waals surface area contributed by atoms with E-state index in [1.54, 1.807) is 0 Å². The van der Waals surface area contributed by atoms with E-state index in [2.05, 4.69) is 10.6 Å². The maximum Gasteiger partial charge on any atom is 0.262 e. The Morgan fingerprint density at radius 1 is 0.972 bits per heavy atom. The number of imide groups is 2. The Bertz CT molecular complexity index is 970. The first-order chi connectivity index (χ1) is 16.9. The molecule has 0 aliphatic carbocycles. The van der Waals surface area contributed by atoms with Crippen LogP contribution in [0.5, 0.6) is 5.75 Å². The Morgan fingerprint density at radius 2 is 1.61 bits per heavy atom. The van der Waals surface area contributed by atoms with Gasteiger partial charge in [0.15, 0.2) is 6.61 Å². The van der Waals surface area contributed by atoms with Gasteiger partial charge in [-0.25, -0.2) is 0 Å². The zero-order valence-electron chi connectivity index (χ0n) is 20.4. The van der Waals surface area contributed by atoms with Crippen molar-refractivity contribution in [1.82, 2.24) is 15.5 Å². The molecule has 10 nitrogen and oxygen atoms in total. The number of ether oxygens (including phenoxy) is 1. The molecule has 0 radical (unpaired) electrons. The summed E-state index contributed by atoms with van der Waals surface area (Å²) in [7, 11) is 0. The molecule has 0 aromatic heterocycles. The van der Waals surface area contributed by atoms with Crippen molar-refractivity contribution in [2.24, 2.45) is 5.73 Å². The van der Waals surface area contributed by atoms with Crippen LogP contribution < -0.4 is 21.1 Å². The van der Waals surface area contributed by atoms with Crippen LogP contribution in [0.3, 0.4) is 0 Å². The maximum absolute atomic E-state index is 12.8. The van der Waals surface area contributed by atoms with Crippen molar-refractivity contribution in [3.05, 3.63) is 29.3 Å². The highest BCUT2D eigenvalue weighted by atomic mass is 35.5. The van der Waals surface area contributed by atoms with E-state index < -0.39 is 29.7 Å². The van der Waals surface area contributed by atoms with Crippen LogP contribution in [0.1, 0.15) is 84.9 Å². The van der Waals surface area contributed by atoms with Crippen LogP contribution in [-0.4, -0.2) is 60.2 Å². The van der Waals surface area contributed by atoms with E-state index in [4.69, 9.17) is 10.5 Å². The van der Waals surface area contributed by atoms with Crippen LogP contribution in [-0.2, 0) is 14.4 Å². The molecule has 0 bridgehead atoms. The quantitative estimate of drug-likeness (QED) is 0.250. The van der Waals surface area contributed by atoms with Crippen LogP contribution in [0.2, 0.25) is 0 Å². The lowest BCUT2D eigenvalue weighted by atomic mass is 10.0. The van der Waals surface area contributed by atoms with Gasteiger partial charge in [-0.15, -0.1) is 12.4 Å². The number of fused-ring (bicyclic) bond motifs is 1. The van der Waals surface area contributed by atoms with Gasteiger partial charge in [-0.3, -0.25) is 34.2 Å². The van der Waals surface area contributed by atoms with Gasteiger partial charge >= 0.3 is 0 Å². The number of unbranched alkanes of at least 4 members (excludes halogenated alkanes) is 7. The summed E-state index contributed by atoms with van der Waals surface area (Å²) in [6.07, 6.45) is 9.19. The van der Waals surface area contributed by atoms with Crippen molar-refractivity contribution in [2.45, 2.75) is 70.3 Å². The molecule has 3 rings (SSSR count). The number of rotatable bonds is 14. The Hall–Kier alpha value is -2.98. The highest BCUT2D eigenvalue weighted by Gasteiger charge is 2.44. The third-order valence-corrected chi connectivity index (χ3v) is 6.23. The van der Waals surface area contributed by atoms with Crippen LogP contribution in [0.4, 0.5) is 0 Å². The lowest BCUT2D eigenvalue weighted by Gasteiger charge is -2.27. The number of halogens is 1.